The molecule has 0 aliphatic heterocycles. The highest BCUT2D eigenvalue weighted by atomic mass is 16.3. The maximum atomic E-state index is 10.2. The highest BCUT2D eigenvalue weighted by molar-refractivity contribution is 5.61. The van der Waals surface area contributed by atoms with Crippen molar-refractivity contribution in [1.82, 2.24) is 4.90 Å². The van der Waals surface area contributed by atoms with Gasteiger partial charge in [-0.05, 0) is 24.3 Å². The van der Waals surface area contributed by atoms with Crippen LogP contribution in [0.25, 0.3) is 6.08 Å². The van der Waals surface area contributed by atoms with E-state index in [9.17, 15) is 9.90 Å². The minimum atomic E-state index is 0.0540. The molecule has 0 fully saturated rings. The number of benzene rings is 1. The Kier molecular flexibility index (Phi) is 3.12. The number of phenols is 2. The summed E-state index contributed by atoms with van der Waals surface area (Å²) in [4.78, 5) is 11.5. The van der Waals surface area contributed by atoms with Crippen molar-refractivity contribution < 1.29 is 15.0 Å². The average Bonchev–Trinajstić information content (AvgIpc) is 2.19. The molecule has 4 nitrogen and oxygen atoms in total. The highest BCUT2D eigenvalue weighted by Crippen LogP contribution is 2.23. The van der Waals surface area contributed by atoms with Crippen molar-refractivity contribution in [3.05, 3.63) is 30.0 Å². The predicted molar refractivity (Wildman–Crippen MR) is 52.6 cm³/mol. The van der Waals surface area contributed by atoms with Gasteiger partial charge in [-0.1, -0.05) is 0 Å². The Morgan fingerprint density at radius 1 is 1.36 bits per heavy atom. The fraction of sp³-hybridized carbons (Fsp3) is 0.100. The number of aromatic hydroxyl groups is 2. The van der Waals surface area contributed by atoms with E-state index in [1.165, 1.54) is 35.4 Å². The first-order valence-electron chi connectivity index (χ1n) is 4.01. The molecule has 74 valence electrons. The van der Waals surface area contributed by atoms with Gasteiger partial charge in [0.1, 0.15) is 11.5 Å². The lowest BCUT2D eigenvalue weighted by Crippen LogP contribution is -2.05. The second kappa shape index (κ2) is 4.32. The van der Waals surface area contributed by atoms with Crippen molar-refractivity contribution in [3.63, 3.8) is 0 Å². The lowest BCUT2D eigenvalue weighted by Gasteiger charge is -2.03. The van der Waals surface area contributed by atoms with Gasteiger partial charge in [0.2, 0.25) is 6.41 Å². The molecule has 1 aromatic rings. The predicted octanol–water partition coefficient (Wildman–Crippen LogP) is 1.16. The Morgan fingerprint density at radius 3 is 2.71 bits per heavy atom. The van der Waals surface area contributed by atoms with Crippen LogP contribution in [0.5, 0.6) is 11.5 Å². The third-order valence-electron chi connectivity index (χ3n) is 1.67. The molecule has 0 saturated heterocycles. The Morgan fingerprint density at radius 2 is 2.07 bits per heavy atom. The van der Waals surface area contributed by atoms with Crippen molar-refractivity contribution in [1.29, 1.82) is 0 Å². The number of rotatable bonds is 3. The van der Waals surface area contributed by atoms with Crippen molar-refractivity contribution in [3.8, 4) is 11.5 Å². The van der Waals surface area contributed by atoms with Crippen LogP contribution in [0.4, 0.5) is 0 Å². The molecule has 0 saturated carbocycles. The second-order valence-corrected chi connectivity index (χ2v) is 2.83. The number of carbonyl (C=O) groups excluding carboxylic acids is 1. The van der Waals surface area contributed by atoms with Crippen LogP contribution in [-0.4, -0.2) is 28.6 Å². The topological polar surface area (TPSA) is 60.8 Å². The minimum Gasteiger partial charge on any atom is -0.508 e. The number of hydrogen-bond acceptors (Lipinski definition) is 3. The van der Waals surface area contributed by atoms with Gasteiger partial charge in [-0.2, -0.15) is 0 Å². The van der Waals surface area contributed by atoms with E-state index in [0.717, 1.165) is 0 Å². The fourth-order valence-corrected chi connectivity index (χ4v) is 0.908. The van der Waals surface area contributed by atoms with Gasteiger partial charge in [-0.25, -0.2) is 0 Å². The molecule has 0 unspecified atom stereocenters. The third-order valence-corrected chi connectivity index (χ3v) is 1.67. The van der Waals surface area contributed by atoms with Crippen LogP contribution >= 0.6 is 0 Å². The van der Waals surface area contributed by atoms with E-state index in [2.05, 4.69) is 0 Å². The Bertz CT molecular complexity index is 360. The molecule has 4 heteroatoms. The zero-order valence-electron chi connectivity index (χ0n) is 7.71. The summed E-state index contributed by atoms with van der Waals surface area (Å²) < 4.78 is 0. The number of nitrogens with zero attached hydrogens (tertiary/aromatic N) is 1. The smallest absolute Gasteiger partial charge is 0.213 e. The molecule has 0 bridgehead atoms. The molecule has 0 atom stereocenters. The Labute approximate surface area is 81.7 Å². The average molecular weight is 193 g/mol. The van der Waals surface area contributed by atoms with Gasteiger partial charge in [0.15, 0.2) is 0 Å². The summed E-state index contributed by atoms with van der Waals surface area (Å²) in [5, 5.41) is 18.5. The van der Waals surface area contributed by atoms with Gasteiger partial charge >= 0.3 is 0 Å². The number of phenolic OH excluding ortho intramolecular Hbond substituents is 2. The molecule has 0 aromatic heterocycles. The molecule has 1 amide bonds. The normalized spacial score (nSPS) is 10.4. The molecule has 14 heavy (non-hydrogen) atoms. The molecule has 0 heterocycles. The van der Waals surface area contributed by atoms with Crippen LogP contribution in [0.2, 0.25) is 0 Å². The monoisotopic (exact) mass is 193 g/mol. The largest absolute Gasteiger partial charge is 0.508 e. The van der Waals surface area contributed by atoms with Crippen LogP contribution in [0, 0.1) is 0 Å². The molecular formula is C10H11NO3. The number of hydrogen-bond donors (Lipinski definition) is 2. The zero-order valence-corrected chi connectivity index (χ0v) is 7.71. The van der Waals surface area contributed by atoms with E-state index < -0.39 is 0 Å². The summed E-state index contributed by atoms with van der Waals surface area (Å²) >= 11 is 0. The van der Waals surface area contributed by atoms with E-state index in [1.54, 1.807) is 7.05 Å². The highest BCUT2D eigenvalue weighted by Gasteiger charge is 1.98. The van der Waals surface area contributed by atoms with Gasteiger partial charge in [0, 0.05) is 18.8 Å². The SMILES string of the molecule is CN(C=O)/C=C\c1cc(O)ccc1O. The molecule has 0 spiro atoms. The van der Waals surface area contributed by atoms with E-state index >= 15 is 0 Å². The van der Waals surface area contributed by atoms with Crippen LogP contribution < -0.4 is 0 Å². The lowest BCUT2D eigenvalue weighted by atomic mass is 10.2. The van der Waals surface area contributed by atoms with E-state index in [-0.39, 0.29) is 11.5 Å². The van der Waals surface area contributed by atoms with Crippen LogP contribution in [0.3, 0.4) is 0 Å². The Hall–Kier alpha value is -1.97. The van der Waals surface area contributed by atoms with Gasteiger partial charge < -0.3 is 15.1 Å². The first-order chi connectivity index (χ1) is 6.63. The fourth-order valence-electron chi connectivity index (χ4n) is 0.908. The van der Waals surface area contributed by atoms with Crippen LogP contribution in [0.1, 0.15) is 5.56 Å². The first-order valence-corrected chi connectivity index (χ1v) is 4.01. The second-order valence-electron chi connectivity index (χ2n) is 2.83. The standard InChI is InChI=1S/C10H11NO3/c1-11(7-12)5-4-8-6-9(13)2-3-10(8)14/h2-7,13-14H,1H3/b5-4-. The first kappa shape index (κ1) is 10.1. The zero-order chi connectivity index (χ0) is 10.6. The van der Waals surface area contributed by atoms with Crippen molar-refractivity contribution in [2.45, 2.75) is 0 Å². The van der Waals surface area contributed by atoms with Gasteiger partial charge in [0.05, 0.1) is 0 Å². The van der Waals surface area contributed by atoms with Crippen molar-refractivity contribution >= 4 is 12.5 Å². The summed E-state index contributed by atoms with van der Waals surface area (Å²) in [5.74, 6) is 0.120. The summed E-state index contributed by atoms with van der Waals surface area (Å²) in [7, 11) is 1.57. The molecular weight excluding hydrogens is 182 g/mol. The molecule has 0 aliphatic carbocycles. The maximum absolute atomic E-state index is 10.2. The maximum Gasteiger partial charge on any atom is 0.213 e. The van der Waals surface area contributed by atoms with Crippen LogP contribution in [-0.2, 0) is 4.79 Å². The summed E-state index contributed by atoms with van der Waals surface area (Å²) in [6.45, 7) is 0. The quantitative estimate of drug-likeness (QED) is 0.559. The third kappa shape index (κ3) is 2.52. The van der Waals surface area contributed by atoms with E-state index in [4.69, 9.17) is 5.11 Å². The van der Waals surface area contributed by atoms with Gasteiger partial charge in [0.25, 0.3) is 0 Å². The number of carbonyl (C=O) groups is 1. The van der Waals surface area contributed by atoms with Gasteiger partial charge in [-0.3, -0.25) is 4.79 Å². The molecule has 0 radical (unpaired) electrons. The number of amides is 1. The van der Waals surface area contributed by atoms with Crippen molar-refractivity contribution in [2.75, 3.05) is 7.05 Å². The molecule has 1 aromatic carbocycles. The molecule has 2 N–H and O–H groups in total. The Balaban J connectivity index is 2.90. The van der Waals surface area contributed by atoms with E-state index in [0.29, 0.717) is 12.0 Å². The molecule has 0 aliphatic rings. The van der Waals surface area contributed by atoms with Gasteiger partial charge in [-0.15, -0.1) is 0 Å². The summed E-state index contributed by atoms with van der Waals surface area (Å²) in [5.41, 5.74) is 0.457. The lowest BCUT2D eigenvalue weighted by molar-refractivity contribution is -0.114. The van der Waals surface area contributed by atoms with Crippen LogP contribution in [0.15, 0.2) is 24.4 Å². The van der Waals surface area contributed by atoms with E-state index in [1.807, 2.05) is 0 Å². The van der Waals surface area contributed by atoms with Crippen molar-refractivity contribution in [2.24, 2.45) is 0 Å². The minimum absolute atomic E-state index is 0.0540. The molecule has 1 rings (SSSR count). The summed E-state index contributed by atoms with van der Waals surface area (Å²) in [6, 6.07) is 4.18. The summed E-state index contributed by atoms with van der Waals surface area (Å²) in [6.07, 6.45) is 3.65.